The molecule has 0 saturated carbocycles. The van der Waals surface area contributed by atoms with E-state index in [1.54, 1.807) is 12.1 Å². The fourth-order valence-corrected chi connectivity index (χ4v) is 2.42. The minimum Gasteiger partial charge on any atom is -0.478 e. The predicted octanol–water partition coefficient (Wildman–Crippen LogP) is 2.17. The predicted molar refractivity (Wildman–Crippen MR) is 78.9 cm³/mol. The third-order valence-electron chi connectivity index (χ3n) is 3.42. The van der Waals surface area contributed by atoms with E-state index in [2.05, 4.69) is 5.92 Å². The molecule has 0 aromatic heterocycles. The minimum atomic E-state index is -1.14. The summed E-state index contributed by atoms with van der Waals surface area (Å²) < 4.78 is 0. The molecule has 2 amide bonds. The van der Waals surface area contributed by atoms with Gasteiger partial charge in [-0.3, -0.25) is 9.59 Å². The Balaban J connectivity index is 2.14. The molecule has 5 nitrogen and oxygen atoms in total. The summed E-state index contributed by atoms with van der Waals surface area (Å²) in [4.78, 5) is 37.0. The highest BCUT2D eigenvalue weighted by molar-refractivity contribution is 6.35. The summed E-state index contributed by atoms with van der Waals surface area (Å²) >= 11 is 0. The third-order valence-corrected chi connectivity index (χ3v) is 3.42. The number of fused-ring (bicyclic) bond motifs is 1. The van der Waals surface area contributed by atoms with Crippen molar-refractivity contribution in [3.05, 3.63) is 64.7 Å². The molecule has 0 aliphatic carbocycles. The zero-order chi connectivity index (χ0) is 15.9. The SMILES string of the molecule is C#Cc1cccc2c1C(=O)N(c1cccc(C(=O)O)c1)C2=O. The van der Waals surface area contributed by atoms with E-state index >= 15 is 0 Å². The molecule has 1 aliphatic heterocycles. The second-order valence-corrected chi connectivity index (χ2v) is 4.67. The van der Waals surface area contributed by atoms with Crippen LogP contribution >= 0.6 is 0 Å². The molecule has 5 heteroatoms. The number of hydrogen-bond acceptors (Lipinski definition) is 3. The van der Waals surface area contributed by atoms with Crippen molar-refractivity contribution in [3.8, 4) is 12.3 Å². The van der Waals surface area contributed by atoms with Crippen LogP contribution in [0.3, 0.4) is 0 Å². The molecule has 0 spiro atoms. The number of carbonyl (C=O) groups excluding carboxylic acids is 2. The van der Waals surface area contributed by atoms with Gasteiger partial charge in [0, 0.05) is 5.56 Å². The molecule has 0 radical (unpaired) electrons. The summed E-state index contributed by atoms with van der Waals surface area (Å²) in [7, 11) is 0. The normalized spacial score (nSPS) is 13.0. The van der Waals surface area contributed by atoms with Crippen LogP contribution in [-0.4, -0.2) is 22.9 Å². The summed E-state index contributed by atoms with van der Waals surface area (Å²) in [6.45, 7) is 0. The lowest BCUT2D eigenvalue weighted by molar-refractivity contribution is 0.0695. The fraction of sp³-hybridized carbons (Fsp3) is 0. The molecule has 2 aromatic carbocycles. The summed E-state index contributed by atoms with van der Waals surface area (Å²) in [5.41, 5.74) is 0.935. The van der Waals surface area contributed by atoms with Crippen LogP contribution in [-0.2, 0) is 0 Å². The topological polar surface area (TPSA) is 74.7 Å². The van der Waals surface area contributed by atoms with Gasteiger partial charge in [-0.1, -0.05) is 18.1 Å². The second kappa shape index (κ2) is 4.86. The Morgan fingerprint density at radius 3 is 2.50 bits per heavy atom. The monoisotopic (exact) mass is 291 g/mol. The molecule has 2 aromatic rings. The first-order valence-electron chi connectivity index (χ1n) is 6.36. The van der Waals surface area contributed by atoms with Crippen LogP contribution < -0.4 is 4.90 Å². The number of hydrogen-bond donors (Lipinski definition) is 1. The van der Waals surface area contributed by atoms with Crippen molar-refractivity contribution in [1.29, 1.82) is 0 Å². The van der Waals surface area contributed by atoms with Crippen LogP contribution in [0.2, 0.25) is 0 Å². The number of aromatic carboxylic acids is 1. The Hall–Kier alpha value is -3.39. The van der Waals surface area contributed by atoms with Crippen molar-refractivity contribution >= 4 is 23.5 Å². The standard InChI is InChI=1S/C17H9NO4/c1-2-10-5-4-8-13-14(10)16(20)18(15(13)19)12-7-3-6-11(9-12)17(21)22/h1,3-9H,(H,21,22). The average molecular weight is 291 g/mol. The maximum atomic E-state index is 12.5. The summed E-state index contributed by atoms with van der Waals surface area (Å²) in [5.74, 6) is 0.190. The molecule has 106 valence electrons. The Labute approximate surface area is 125 Å². The van der Waals surface area contributed by atoms with Crippen molar-refractivity contribution in [2.24, 2.45) is 0 Å². The maximum Gasteiger partial charge on any atom is 0.335 e. The highest BCUT2D eigenvalue weighted by atomic mass is 16.4. The van der Waals surface area contributed by atoms with Crippen LogP contribution in [0.25, 0.3) is 0 Å². The highest BCUT2D eigenvalue weighted by Crippen LogP contribution is 2.30. The number of amides is 2. The van der Waals surface area contributed by atoms with E-state index in [1.807, 2.05) is 0 Å². The number of carboxylic acid groups (broad SMARTS) is 1. The van der Waals surface area contributed by atoms with Gasteiger partial charge in [0.25, 0.3) is 11.8 Å². The van der Waals surface area contributed by atoms with Crippen molar-refractivity contribution in [2.45, 2.75) is 0 Å². The highest BCUT2D eigenvalue weighted by Gasteiger charge is 2.38. The smallest absolute Gasteiger partial charge is 0.335 e. The summed E-state index contributed by atoms with van der Waals surface area (Å²) in [5, 5.41) is 9.02. The number of anilines is 1. The van der Waals surface area contributed by atoms with Crippen LogP contribution in [0.4, 0.5) is 5.69 Å². The van der Waals surface area contributed by atoms with Crippen LogP contribution in [0, 0.1) is 12.3 Å². The molecule has 1 aliphatic rings. The second-order valence-electron chi connectivity index (χ2n) is 4.67. The number of rotatable bonds is 2. The first-order chi connectivity index (χ1) is 10.5. The molecule has 0 unspecified atom stereocenters. The number of terminal acetylenes is 1. The lowest BCUT2D eigenvalue weighted by Gasteiger charge is -2.14. The lowest BCUT2D eigenvalue weighted by Crippen LogP contribution is -2.29. The van der Waals surface area contributed by atoms with E-state index in [9.17, 15) is 14.4 Å². The van der Waals surface area contributed by atoms with Gasteiger partial charge >= 0.3 is 5.97 Å². The fourth-order valence-electron chi connectivity index (χ4n) is 2.42. The van der Waals surface area contributed by atoms with Gasteiger partial charge in [0.15, 0.2) is 0 Å². The summed E-state index contributed by atoms with van der Waals surface area (Å²) in [6.07, 6.45) is 5.37. The van der Waals surface area contributed by atoms with Gasteiger partial charge in [0.05, 0.1) is 22.4 Å². The molecule has 0 atom stereocenters. The van der Waals surface area contributed by atoms with Gasteiger partial charge in [0.1, 0.15) is 0 Å². The summed E-state index contributed by atoms with van der Waals surface area (Å²) in [6, 6.07) is 10.4. The molecule has 3 rings (SSSR count). The van der Waals surface area contributed by atoms with Gasteiger partial charge in [0.2, 0.25) is 0 Å². The molecule has 1 N–H and O–H groups in total. The largest absolute Gasteiger partial charge is 0.478 e. The Morgan fingerprint density at radius 1 is 1.09 bits per heavy atom. The number of benzene rings is 2. The van der Waals surface area contributed by atoms with E-state index in [-0.39, 0.29) is 22.4 Å². The Morgan fingerprint density at radius 2 is 1.82 bits per heavy atom. The van der Waals surface area contributed by atoms with E-state index in [0.29, 0.717) is 5.56 Å². The molecular formula is C17H9NO4. The molecule has 0 bridgehead atoms. The van der Waals surface area contributed by atoms with E-state index in [1.165, 1.54) is 30.3 Å². The number of imide groups is 1. The van der Waals surface area contributed by atoms with Crippen LogP contribution in [0.15, 0.2) is 42.5 Å². The molecular weight excluding hydrogens is 282 g/mol. The first-order valence-corrected chi connectivity index (χ1v) is 6.36. The molecule has 0 saturated heterocycles. The first kappa shape index (κ1) is 13.6. The number of carboxylic acids is 1. The van der Waals surface area contributed by atoms with Gasteiger partial charge in [-0.2, -0.15) is 0 Å². The molecule has 0 fully saturated rings. The molecule has 22 heavy (non-hydrogen) atoms. The third kappa shape index (κ3) is 1.86. The molecule has 1 heterocycles. The Bertz CT molecular complexity index is 876. The Kier molecular flexibility index (Phi) is 3.00. The van der Waals surface area contributed by atoms with Gasteiger partial charge < -0.3 is 5.11 Å². The van der Waals surface area contributed by atoms with Gasteiger partial charge in [-0.25, -0.2) is 9.69 Å². The lowest BCUT2D eigenvalue weighted by atomic mass is 10.0. The van der Waals surface area contributed by atoms with Crippen molar-refractivity contribution in [2.75, 3.05) is 4.90 Å². The van der Waals surface area contributed by atoms with Crippen LogP contribution in [0.5, 0.6) is 0 Å². The maximum absolute atomic E-state index is 12.5. The zero-order valence-electron chi connectivity index (χ0n) is 11.2. The van der Waals surface area contributed by atoms with Gasteiger partial charge in [-0.05, 0) is 30.3 Å². The zero-order valence-corrected chi connectivity index (χ0v) is 11.2. The van der Waals surface area contributed by atoms with Crippen molar-refractivity contribution in [3.63, 3.8) is 0 Å². The number of nitrogens with zero attached hydrogens (tertiary/aromatic N) is 1. The quantitative estimate of drug-likeness (QED) is 0.679. The van der Waals surface area contributed by atoms with Crippen molar-refractivity contribution < 1.29 is 19.5 Å². The van der Waals surface area contributed by atoms with Crippen molar-refractivity contribution in [1.82, 2.24) is 0 Å². The van der Waals surface area contributed by atoms with Crippen LogP contribution in [0.1, 0.15) is 36.6 Å². The van der Waals surface area contributed by atoms with Gasteiger partial charge in [-0.15, -0.1) is 6.42 Å². The number of carbonyl (C=O) groups is 3. The average Bonchev–Trinajstić information content (AvgIpc) is 2.79. The minimum absolute atomic E-state index is 0.00812. The van der Waals surface area contributed by atoms with E-state index < -0.39 is 17.8 Å². The van der Waals surface area contributed by atoms with E-state index in [0.717, 1.165) is 4.90 Å². The van der Waals surface area contributed by atoms with E-state index in [4.69, 9.17) is 11.5 Å².